The SMILES string of the molecule is CCOC(=O)c1[nH]c(C)c(CN(Cc2ccc(C)cc2)S(=O)(=O)c2cccs2)c1C. The molecule has 0 saturated carbocycles. The second-order valence-corrected chi connectivity index (χ2v) is 10.3. The first-order chi connectivity index (χ1) is 14.2. The van der Waals surface area contributed by atoms with Gasteiger partial charge in [0.2, 0.25) is 0 Å². The molecule has 0 unspecified atom stereocenters. The highest BCUT2D eigenvalue weighted by molar-refractivity contribution is 7.91. The van der Waals surface area contributed by atoms with Crippen LogP contribution in [0.3, 0.4) is 0 Å². The zero-order valence-electron chi connectivity index (χ0n) is 17.6. The van der Waals surface area contributed by atoms with Gasteiger partial charge in [-0.3, -0.25) is 0 Å². The molecule has 2 aromatic heterocycles. The molecule has 3 aromatic rings. The molecular weight excluding hydrogens is 420 g/mol. The molecule has 6 nitrogen and oxygen atoms in total. The summed E-state index contributed by atoms with van der Waals surface area (Å²) in [5, 5.41) is 1.75. The molecular formula is C22H26N2O4S2. The first-order valence-corrected chi connectivity index (χ1v) is 12.0. The molecule has 0 aliphatic rings. The molecule has 0 amide bonds. The van der Waals surface area contributed by atoms with E-state index in [1.165, 1.54) is 15.6 Å². The monoisotopic (exact) mass is 446 g/mol. The molecule has 0 atom stereocenters. The number of thiophene rings is 1. The maximum absolute atomic E-state index is 13.4. The van der Waals surface area contributed by atoms with E-state index in [2.05, 4.69) is 4.98 Å². The van der Waals surface area contributed by atoms with Crippen molar-refractivity contribution in [3.05, 3.63) is 75.4 Å². The number of sulfonamides is 1. The average Bonchev–Trinajstić information content (AvgIpc) is 3.34. The van der Waals surface area contributed by atoms with Gasteiger partial charge in [0.25, 0.3) is 10.0 Å². The molecule has 0 radical (unpaired) electrons. The van der Waals surface area contributed by atoms with Gasteiger partial charge in [0.15, 0.2) is 0 Å². The molecule has 0 fully saturated rings. The van der Waals surface area contributed by atoms with E-state index in [1.54, 1.807) is 24.4 Å². The molecule has 0 spiro atoms. The van der Waals surface area contributed by atoms with E-state index in [1.807, 2.05) is 45.0 Å². The lowest BCUT2D eigenvalue weighted by Crippen LogP contribution is -2.30. The van der Waals surface area contributed by atoms with Crippen molar-refractivity contribution in [2.75, 3.05) is 6.61 Å². The molecule has 0 saturated heterocycles. The predicted octanol–water partition coefficient (Wildman–Crippen LogP) is 4.57. The summed E-state index contributed by atoms with van der Waals surface area (Å²) in [7, 11) is -3.70. The van der Waals surface area contributed by atoms with Gasteiger partial charge >= 0.3 is 5.97 Å². The number of nitrogens with one attached hydrogen (secondary N) is 1. The summed E-state index contributed by atoms with van der Waals surface area (Å²) in [4.78, 5) is 15.3. The van der Waals surface area contributed by atoms with Crippen LogP contribution < -0.4 is 0 Å². The number of aromatic nitrogens is 1. The third-order valence-corrected chi connectivity index (χ3v) is 8.14. The van der Waals surface area contributed by atoms with E-state index in [-0.39, 0.29) is 19.7 Å². The summed E-state index contributed by atoms with van der Waals surface area (Å²) < 4.78 is 33.6. The van der Waals surface area contributed by atoms with Crippen molar-refractivity contribution in [1.82, 2.24) is 9.29 Å². The number of ether oxygens (including phenoxy) is 1. The smallest absolute Gasteiger partial charge is 0.355 e. The van der Waals surface area contributed by atoms with Crippen LogP contribution >= 0.6 is 11.3 Å². The van der Waals surface area contributed by atoms with Gasteiger partial charge in [0, 0.05) is 18.8 Å². The Morgan fingerprint density at radius 3 is 2.40 bits per heavy atom. The fourth-order valence-electron chi connectivity index (χ4n) is 3.27. The van der Waals surface area contributed by atoms with Crippen LogP contribution in [0.25, 0.3) is 0 Å². The zero-order chi connectivity index (χ0) is 21.9. The molecule has 0 bridgehead atoms. The molecule has 30 heavy (non-hydrogen) atoms. The lowest BCUT2D eigenvalue weighted by molar-refractivity contribution is 0.0519. The van der Waals surface area contributed by atoms with Crippen LogP contribution in [0.1, 0.15) is 45.4 Å². The summed E-state index contributed by atoms with van der Waals surface area (Å²) in [5.74, 6) is -0.435. The molecule has 3 rings (SSSR count). The quantitative estimate of drug-likeness (QED) is 0.514. The molecule has 1 aromatic carbocycles. The maximum atomic E-state index is 13.4. The third-order valence-electron chi connectivity index (χ3n) is 4.98. The Hall–Kier alpha value is -2.42. The number of rotatable bonds is 8. The minimum atomic E-state index is -3.70. The number of carbonyl (C=O) groups is 1. The maximum Gasteiger partial charge on any atom is 0.355 e. The predicted molar refractivity (Wildman–Crippen MR) is 118 cm³/mol. The van der Waals surface area contributed by atoms with Gasteiger partial charge in [-0.15, -0.1) is 11.3 Å². The normalized spacial score (nSPS) is 11.8. The van der Waals surface area contributed by atoms with Crippen LogP contribution in [0.15, 0.2) is 46.0 Å². The molecule has 2 heterocycles. The van der Waals surface area contributed by atoms with Crippen LogP contribution in [0.2, 0.25) is 0 Å². The molecule has 8 heteroatoms. The highest BCUT2D eigenvalue weighted by Crippen LogP contribution is 2.28. The molecule has 1 N–H and O–H groups in total. The molecule has 0 aliphatic heterocycles. The van der Waals surface area contributed by atoms with E-state index in [0.717, 1.165) is 22.4 Å². The Bertz CT molecular complexity index is 1110. The van der Waals surface area contributed by atoms with Crippen molar-refractivity contribution in [3.63, 3.8) is 0 Å². The zero-order valence-corrected chi connectivity index (χ0v) is 19.2. The standard InChI is InChI=1S/C22H26N2O4S2/c1-5-28-22(25)21-16(3)19(17(4)23-21)14-24(13-18-10-8-15(2)9-11-18)30(26,27)20-7-6-12-29-20/h6-12,23H,5,13-14H2,1-4H3. The Balaban J connectivity index is 1.99. The Kier molecular flexibility index (Phi) is 6.80. The van der Waals surface area contributed by atoms with E-state index < -0.39 is 16.0 Å². The Labute approximate surface area is 181 Å². The van der Waals surface area contributed by atoms with Crippen molar-refractivity contribution in [1.29, 1.82) is 0 Å². The van der Waals surface area contributed by atoms with Crippen molar-refractivity contribution in [3.8, 4) is 0 Å². The summed E-state index contributed by atoms with van der Waals surface area (Å²) in [6, 6.07) is 11.2. The fraction of sp³-hybridized carbons (Fsp3) is 0.318. The van der Waals surface area contributed by atoms with Crippen LogP contribution in [0, 0.1) is 20.8 Å². The van der Waals surface area contributed by atoms with Gasteiger partial charge in [-0.25, -0.2) is 13.2 Å². The van der Waals surface area contributed by atoms with Crippen LogP contribution in [-0.2, 0) is 27.8 Å². The fourth-order valence-corrected chi connectivity index (χ4v) is 5.81. The van der Waals surface area contributed by atoms with Gasteiger partial charge in [0.05, 0.1) is 6.61 Å². The lowest BCUT2D eigenvalue weighted by atomic mass is 10.1. The summed E-state index contributed by atoms with van der Waals surface area (Å²) in [5.41, 5.74) is 4.63. The van der Waals surface area contributed by atoms with Crippen molar-refractivity contribution >= 4 is 27.3 Å². The number of nitrogens with zero attached hydrogens (tertiary/aromatic N) is 1. The second kappa shape index (κ2) is 9.16. The van der Waals surface area contributed by atoms with Gasteiger partial charge in [-0.1, -0.05) is 35.9 Å². The first-order valence-electron chi connectivity index (χ1n) is 9.68. The number of esters is 1. The number of hydrogen-bond donors (Lipinski definition) is 1. The van der Waals surface area contributed by atoms with Crippen molar-refractivity contribution in [2.45, 2.75) is 45.0 Å². The summed E-state index contributed by atoms with van der Waals surface area (Å²) in [6.45, 7) is 8.06. The third kappa shape index (κ3) is 4.66. The number of H-pyrrole nitrogens is 1. The topological polar surface area (TPSA) is 79.5 Å². The number of aryl methyl sites for hydroxylation is 2. The highest BCUT2D eigenvalue weighted by Gasteiger charge is 2.28. The van der Waals surface area contributed by atoms with Gasteiger partial charge in [-0.2, -0.15) is 4.31 Å². The highest BCUT2D eigenvalue weighted by atomic mass is 32.2. The average molecular weight is 447 g/mol. The number of hydrogen-bond acceptors (Lipinski definition) is 5. The van der Waals surface area contributed by atoms with Gasteiger partial charge in [0.1, 0.15) is 9.90 Å². The second-order valence-electron chi connectivity index (χ2n) is 7.14. The van der Waals surface area contributed by atoms with Gasteiger partial charge in [-0.05, 0) is 55.8 Å². The summed E-state index contributed by atoms with van der Waals surface area (Å²) >= 11 is 1.20. The number of benzene rings is 1. The Morgan fingerprint density at radius 2 is 1.80 bits per heavy atom. The Morgan fingerprint density at radius 1 is 1.10 bits per heavy atom. The van der Waals surface area contributed by atoms with Crippen LogP contribution in [0.4, 0.5) is 0 Å². The summed E-state index contributed by atoms with van der Waals surface area (Å²) in [6.07, 6.45) is 0. The molecule has 160 valence electrons. The number of aromatic amines is 1. The minimum Gasteiger partial charge on any atom is -0.461 e. The van der Waals surface area contributed by atoms with E-state index >= 15 is 0 Å². The van der Waals surface area contributed by atoms with Gasteiger partial charge < -0.3 is 9.72 Å². The lowest BCUT2D eigenvalue weighted by Gasteiger charge is -2.22. The minimum absolute atomic E-state index is 0.154. The van der Waals surface area contributed by atoms with Crippen LogP contribution in [-0.4, -0.2) is 30.3 Å². The van der Waals surface area contributed by atoms with Crippen molar-refractivity contribution < 1.29 is 17.9 Å². The van der Waals surface area contributed by atoms with E-state index in [9.17, 15) is 13.2 Å². The first kappa shape index (κ1) is 22.3. The van der Waals surface area contributed by atoms with Crippen LogP contribution in [0.5, 0.6) is 0 Å². The van der Waals surface area contributed by atoms with Crippen molar-refractivity contribution in [2.24, 2.45) is 0 Å². The number of carbonyl (C=O) groups excluding carboxylic acids is 1. The molecule has 0 aliphatic carbocycles. The van der Waals surface area contributed by atoms with E-state index in [4.69, 9.17) is 4.74 Å². The largest absolute Gasteiger partial charge is 0.461 e. The van der Waals surface area contributed by atoms with E-state index in [0.29, 0.717) is 15.5 Å².